The zero-order valence-electron chi connectivity index (χ0n) is 33.0. The minimum Gasteiger partial charge on any atom is -0.309 e. The fourth-order valence-corrected chi connectivity index (χ4v) is 9.06. The number of anilines is 3. The Bertz CT molecular complexity index is 3290. The lowest BCUT2D eigenvalue weighted by Gasteiger charge is -2.31. The molecule has 10 aromatic carbocycles. The monoisotopic (exact) mass is 764 g/mol. The van der Waals surface area contributed by atoms with Crippen LogP contribution in [0.2, 0.25) is 0 Å². The summed E-state index contributed by atoms with van der Waals surface area (Å²) in [6.07, 6.45) is 0. The van der Waals surface area contributed by atoms with Gasteiger partial charge in [0.05, 0.1) is 22.4 Å². The minimum absolute atomic E-state index is 1.08. The van der Waals surface area contributed by atoms with E-state index in [1.807, 2.05) is 0 Å². The van der Waals surface area contributed by atoms with E-state index in [-0.39, 0.29) is 0 Å². The van der Waals surface area contributed by atoms with Crippen molar-refractivity contribution in [3.05, 3.63) is 243 Å². The molecule has 60 heavy (non-hydrogen) atoms. The molecule has 0 saturated heterocycles. The summed E-state index contributed by atoms with van der Waals surface area (Å²) >= 11 is 0. The zero-order valence-corrected chi connectivity index (χ0v) is 33.0. The Labute approximate surface area is 350 Å². The Morgan fingerprint density at radius 3 is 1.60 bits per heavy atom. The Hall–Kier alpha value is -7.94. The summed E-state index contributed by atoms with van der Waals surface area (Å²) in [6, 6.07) is 87.9. The maximum atomic E-state index is 2.46. The van der Waals surface area contributed by atoms with E-state index in [1.54, 1.807) is 0 Å². The molecule has 11 aromatic rings. The molecule has 0 amide bonds. The summed E-state index contributed by atoms with van der Waals surface area (Å²) in [5, 5.41) is 4.88. The lowest BCUT2D eigenvalue weighted by molar-refractivity contribution is 1.18. The Balaban J connectivity index is 1.12. The highest BCUT2D eigenvalue weighted by atomic mass is 15.1. The molecule has 0 bridgehead atoms. The van der Waals surface area contributed by atoms with Gasteiger partial charge in [-0.1, -0.05) is 188 Å². The number of fused-ring (bicyclic) bond motifs is 4. The van der Waals surface area contributed by atoms with Crippen LogP contribution >= 0.6 is 0 Å². The van der Waals surface area contributed by atoms with Gasteiger partial charge in [0.2, 0.25) is 0 Å². The molecule has 2 heteroatoms. The predicted molar refractivity (Wildman–Crippen MR) is 255 cm³/mol. The molecule has 0 radical (unpaired) electrons. The van der Waals surface area contributed by atoms with Gasteiger partial charge in [0.1, 0.15) is 0 Å². The lowest BCUT2D eigenvalue weighted by atomic mass is 9.87. The molecule has 1 heterocycles. The summed E-state index contributed by atoms with van der Waals surface area (Å²) in [5.41, 5.74) is 16.3. The van der Waals surface area contributed by atoms with Crippen LogP contribution in [-0.2, 0) is 0 Å². The lowest BCUT2D eigenvalue weighted by Crippen LogP contribution is -2.12. The molecular weight excluding hydrogens is 725 g/mol. The maximum absolute atomic E-state index is 2.46. The molecule has 0 spiro atoms. The predicted octanol–water partition coefficient (Wildman–Crippen LogP) is 16.1. The van der Waals surface area contributed by atoms with Gasteiger partial charge >= 0.3 is 0 Å². The standard InChI is InChI=1S/C58H40N2/c1-4-18-42(19-5-1)48-26-12-13-29-52(48)58-50(44-20-6-2-7-21-44)30-17-33-57(58)60(54-32-16-23-43-22-10-11-27-49(43)54)47-37-34-41(35-38-47)45-36-39-56-53(40-45)51-28-14-15-31-55(51)59(56)46-24-8-3-9-25-46/h1-40H. The van der Waals surface area contributed by atoms with Gasteiger partial charge in [-0.25, -0.2) is 0 Å². The van der Waals surface area contributed by atoms with Gasteiger partial charge in [0.25, 0.3) is 0 Å². The molecule has 0 N–H and O–H groups in total. The Morgan fingerprint density at radius 1 is 0.300 bits per heavy atom. The van der Waals surface area contributed by atoms with E-state index >= 15 is 0 Å². The first-order valence-electron chi connectivity index (χ1n) is 20.6. The second-order valence-electron chi connectivity index (χ2n) is 15.3. The van der Waals surface area contributed by atoms with Crippen molar-refractivity contribution < 1.29 is 0 Å². The molecule has 0 saturated carbocycles. The Morgan fingerprint density at radius 2 is 0.833 bits per heavy atom. The minimum atomic E-state index is 1.08. The van der Waals surface area contributed by atoms with Crippen LogP contribution in [0.3, 0.4) is 0 Å². The van der Waals surface area contributed by atoms with Crippen molar-refractivity contribution in [1.29, 1.82) is 0 Å². The van der Waals surface area contributed by atoms with Crippen LogP contribution in [0.4, 0.5) is 17.1 Å². The van der Waals surface area contributed by atoms with Gasteiger partial charge in [-0.3, -0.25) is 0 Å². The van der Waals surface area contributed by atoms with Gasteiger partial charge in [-0.15, -0.1) is 0 Å². The van der Waals surface area contributed by atoms with Crippen LogP contribution in [0.1, 0.15) is 0 Å². The van der Waals surface area contributed by atoms with Crippen LogP contribution in [0.25, 0.3) is 82.8 Å². The molecule has 0 atom stereocenters. The summed E-state index contributed by atoms with van der Waals surface area (Å²) in [5.74, 6) is 0. The second-order valence-corrected chi connectivity index (χ2v) is 15.3. The van der Waals surface area contributed by atoms with Crippen molar-refractivity contribution in [1.82, 2.24) is 4.57 Å². The summed E-state index contributed by atoms with van der Waals surface area (Å²) in [6.45, 7) is 0. The average molecular weight is 765 g/mol. The molecule has 0 aliphatic carbocycles. The van der Waals surface area contributed by atoms with Crippen molar-refractivity contribution >= 4 is 49.6 Å². The first-order chi connectivity index (χ1) is 29.8. The van der Waals surface area contributed by atoms with Crippen LogP contribution in [0.15, 0.2) is 243 Å². The molecule has 0 unspecified atom stereocenters. The first-order valence-corrected chi connectivity index (χ1v) is 20.6. The van der Waals surface area contributed by atoms with Crippen molar-refractivity contribution in [2.75, 3.05) is 4.90 Å². The molecule has 2 nitrogen and oxygen atoms in total. The van der Waals surface area contributed by atoms with Crippen molar-refractivity contribution in [2.45, 2.75) is 0 Å². The third-order valence-corrected chi connectivity index (χ3v) is 11.8. The highest BCUT2D eigenvalue weighted by Gasteiger charge is 2.24. The Kier molecular flexibility index (Phi) is 8.87. The highest BCUT2D eigenvalue weighted by Crippen LogP contribution is 2.49. The molecular formula is C58H40N2. The van der Waals surface area contributed by atoms with Gasteiger partial charge in [0, 0.05) is 33.1 Å². The fourth-order valence-electron chi connectivity index (χ4n) is 9.06. The molecule has 0 fully saturated rings. The molecule has 0 aliphatic rings. The topological polar surface area (TPSA) is 8.17 Å². The SMILES string of the molecule is c1ccc(-c2ccccc2-c2c(-c3ccccc3)cccc2N(c2ccc(-c3ccc4c(c3)c3ccccc3n4-c3ccccc3)cc2)c2cccc3ccccc23)cc1. The van der Waals surface area contributed by atoms with Crippen LogP contribution in [0.5, 0.6) is 0 Å². The van der Waals surface area contributed by atoms with E-state index in [1.165, 1.54) is 77.1 Å². The number of benzene rings is 10. The number of hydrogen-bond acceptors (Lipinski definition) is 1. The van der Waals surface area contributed by atoms with E-state index in [2.05, 4.69) is 252 Å². The third-order valence-electron chi connectivity index (χ3n) is 11.8. The normalized spacial score (nSPS) is 11.3. The van der Waals surface area contributed by atoms with E-state index < -0.39 is 0 Å². The zero-order chi connectivity index (χ0) is 39.8. The summed E-state index contributed by atoms with van der Waals surface area (Å²) in [7, 11) is 0. The van der Waals surface area contributed by atoms with Crippen LogP contribution < -0.4 is 4.90 Å². The first kappa shape index (κ1) is 35.2. The summed E-state index contributed by atoms with van der Waals surface area (Å²) in [4.78, 5) is 2.46. The molecule has 1 aromatic heterocycles. The highest BCUT2D eigenvalue weighted by molar-refractivity contribution is 6.11. The quantitative estimate of drug-likeness (QED) is 0.150. The van der Waals surface area contributed by atoms with Crippen LogP contribution in [0, 0.1) is 0 Å². The number of para-hydroxylation sites is 2. The van der Waals surface area contributed by atoms with E-state index in [4.69, 9.17) is 0 Å². The number of hydrogen-bond donors (Lipinski definition) is 0. The average Bonchev–Trinajstić information content (AvgIpc) is 3.66. The van der Waals surface area contributed by atoms with Crippen LogP contribution in [-0.4, -0.2) is 4.57 Å². The number of nitrogens with zero attached hydrogens (tertiary/aromatic N) is 2. The number of aromatic nitrogens is 1. The van der Waals surface area contributed by atoms with E-state index in [0.717, 1.165) is 22.7 Å². The molecule has 0 aliphatic heterocycles. The van der Waals surface area contributed by atoms with Crippen molar-refractivity contribution in [2.24, 2.45) is 0 Å². The van der Waals surface area contributed by atoms with Gasteiger partial charge < -0.3 is 9.47 Å². The van der Waals surface area contributed by atoms with E-state index in [9.17, 15) is 0 Å². The smallest absolute Gasteiger partial charge is 0.0546 e. The second kappa shape index (κ2) is 15.1. The van der Waals surface area contributed by atoms with E-state index in [0.29, 0.717) is 0 Å². The fraction of sp³-hybridized carbons (Fsp3) is 0. The van der Waals surface area contributed by atoms with Gasteiger partial charge in [-0.05, 0) is 98.9 Å². The largest absolute Gasteiger partial charge is 0.309 e. The summed E-state index contributed by atoms with van der Waals surface area (Å²) < 4.78 is 2.37. The third kappa shape index (κ3) is 6.14. The van der Waals surface area contributed by atoms with Gasteiger partial charge in [-0.2, -0.15) is 0 Å². The molecule has 282 valence electrons. The maximum Gasteiger partial charge on any atom is 0.0546 e. The van der Waals surface area contributed by atoms with Crippen molar-refractivity contribution in [3.63, 3.8) is 0 Å². The molecule has 11 rings (SSSR count). The van der Waals surface area contributed by atoms with Gasteiger partial charge in [0.15, 0.2) is 0 Å². The number of rotatable bonds is 8. The van der Waals surface area contributed by atoms with Crippen molar-refractivity contribution in [3.8, 4) is 50.2 Å².